The van der Waals surface area contributed by atoms with E-state index in [-0.39, 0.29) is 11.2 Å². The molecule has 0 atom stereocenters. The molecular formula is C32H30ClN5O5. The van der Waals surface area contributed by atoms with E-state index < -0.39 is 6.09 Å². The van der Waals surface area contributed by atoms with E-state index in [1.807, 2.05) is 19.1 Å². The van der Waals surface area contributed by atoms with E-state index in [2.05, 4.69) is 21.4 Å². The molecule has 11 heteroatoms. The van der Waals surface area contributed by atoms with Crippen LogP contribution in [0.2, 0.25) is 5.02 Å². The lowest BCUT2D eigenvalue weighted by Gasteiger charge is -2.51. The Kier molecular flexibility index (Phi) is 7.93. The van der Waals surface area contributed by atoms with Gasteiger partial charge in [0.1, 0.15) is 18.4 Å². The molecule has 0 radical (unpaired) electrons. The van der Waals surface area contributed by atoms with Gasteiger partial charge < -0.3 is 29.2 Å². The number of methoxy groups -OCH3 is 1. The number of amides is 1. The molecule has 2 saturated heterocycles. The summed E-state index contributed by atoms with van der Waals surface area (Å²) in [6.07, 6.45) is 4.65. The Labute approximate surface area is 254 Å². The van der Waals surface area contributed by atoms with Crippen LogP contribution in [-0.2, 0) is 11.3 Å². The Morgan fingerprint density at radius 1 is 1.16 bits per heavy atom. The molecule has 2 aromatic carbocycles. The van der Waals surface area contributed by atoms with Crippen molar-refractivity contribution in [3.05, 3.63) is 76.7 Å². The van der Waals surface area contributed by atoms with Gasteiger partial charge in [-0.15, -0.1) is 0 Å². The number of halogens is 1. The predicted molar refractivity (Wildman–Crippen MR) is 161 cm³/mol. The topological polar surface area (TPSA) is 119 Å². The van der Waals surface area contributed by atoms with Crippen LogP contribution in [0.4, 0.5) is 16.2 Å². The molecule has 2 aromatic heterocycles. The van der Waals surface area contributed by atoms with Crippen LogP contribution < -0.4 is 19.5 Å². The normalized spacial score (nSPS) is 15.4. The predicted octanol–water partition coefficient (Wildman–Crippen LogP) is 6.41. The van der Waals surface area contributed by atoms with Crippen molar-refractivity contribution in [1.82, 2.24) is 14.9 Å². The number of aryl methyl sites for hydroxylation is 1. The Morgan fingerprint density at radius 2 is 1.98 bits per heavy atom. The summed E-state index contributed by atoms with van der Waals surface area (Å²) in [4.78, 5) is 23.5. The molecule has 0 bridgehead atoms. The number of carbonyl (C=O) groups is 1. The van der Waals surface area contributed by atoms with Gasteiger partial charge in [-0.1, -0.05) is 17.7 Å². The number of hydrogen-bond acceptors (Lipinski definition) is 9. The number of rotatable bonds is 7. The van der Waals surface area contributed by atoms with Crippen molar-refractivity contribution in [3.8, 4) is 23.3 Å². The monoisotopic (exact) mass is 599 g/mol. The molecular weight excluding hydrogens is 570 g/mol. The second-order valence-corrected chi connectivity index (χ2v) is 11.2. The lowest BCUT2D eigenvalue weighted by molar-refractivity contribution is -0.0678. The first-order valence-corrected chi connectivity index (χ1v) is 14.3. The molecule has 2 aliphatic rings. The van der Waals surface area contributed by atoms with E-state index in [0.29, 0.717) is 64.1 Å². The number of likely N-dealkylation sites (tertiary alicyclic amines) is 1. The molecule has 10 nitrogen and oxygen atoms in total. The zero-order valence-corrected chi connectivity index (χ0v) is 24.6. The first-order valence-electron chi connectivity index (χ1n) is 13.9. The van der Waals surface area contributed by atoms with Gasteiger partial charge in [0.05, 0.1) is 40.3 Å². The van der Waals surface area contributed by atoms with E-state index in [1.165, 1.54) is 13.3 Å². The number of aromatic nitrogens is 2. The van der Waals surface area contributed by atoms with Gasteiger partial charge in [0.25, 0.3) is 0 Å². The lowest BCUT2D eigenvalue weighted by Crippen LogP contribution is -2.60. The van der Waals surface area contributed by atoms with Gasteiger partial charge in [-0.3, -0.25) is 9.97 Å². The lowest BCUT2D eigenvalue weighted by atomic mass is 9.74. The van der Waals surface area contributed by atoms with Crippen LogP contribution in [0.1, 0.15) is 29.7 Å². The van der Waals surface area contributed by atoms with Gasteiger partial charge in [0.15, 0.2) is 11.5 Å². The maximum Gasteiger partial charge on any atom is 0.415 e. The molecule has 0 unspecified atom stereocenters. The maximum atomic E-state index is 13.0. The number of ether oxygens (including phenoxy) is 4. The van der Waals surface area contributed by atoms with Crippen molar-refractivity contribution in [2.45, 2.75) is 26.4 Å². The number of benzene rings is 2. The summed E-state index contributed by atoms with van der Waals surface area (Å²) in [5.74, 6) is 1.17. The Morgan fingerprint density at radius 3 is 2.70 bits per heavy atom. The van der Waals surface area contributed by atoms with Crippen LogP contribution in [0.5, 0.6) is 17.2 Å². The molecule has 220 valence electrons. The summed E-state index contributed by atoms with van der Waals surface area (Å²) in [5.41, 5.74) is 3.89. The van der Waals surface area contributed by atoms with E-state index in [4.69, 9.17) is 30.5 Å². The highest BCUT2D eigenvalue weighted by Gasteiger charge is 2.46. The minimum absolute atomic E-state index is 0.129. The van der Waals surface area contributed by atoms with Gasteiger partial charge in [-0.05, 0) is 49.6 Å². The fourth-order valence-electron chi connectivity index (χ4n) is 5.47. The number of hydrogen-bond donors (Lipinski definition) is 1. The van der Waals surface area contributed by atoms with Crippen molar-refractivity contribution >= 4 is 40.0 Å². The van der Waals surface area contributed by atoms with Gasteiger partial charge >= 0.3 is 6.09 Å². The van der Waals surface area contributed by atoms with E-state index >= 15 is 0 Å². The van der Waals surface area contributed by atoms with Crippen LogP contribution in [-0.4, -0.2) is 54.4 Å². The third kappa shape index (κ3) is 5.87. The molecule has 1 N–H and O–H groups in total. The number of nitrogens with one attached hydrogen (secondary N) is 1. The average Bonchev–Trinajstić information content (AvgIpc) is 3.00. The van der Waals surface area contributed by atoms with Gasteiger partial charge in [-0.2, -0.15) is 5.26 Å². The summed E-state index contributed by atoms with van der Waals surface area (Å²) >= 11 is 6.63. The van der Waals surface area contributed by atoms with E-state index in [9.17, 15) is 10.1 Å². The minimum atomic E-state index is -0.436. The van der Waals surface area contributed by atoms with Crippen molar-refractivity contribution in [1.29, 1.82) is 5.26 Å². The van der Waals surface area contributed by atoms with Gasteiger partial charge in [0, 0.05) is 61.6 Å². The summed E-state index contributed by atoms with van der Waals surface area (Å²) in [6, 6.07) is 14.7. The molecule has 2 fully saturated rings. The maximum absolute atomic E-state index is 13.0. The standard InChI is InChI=1S/C32H30ClN5O5/c1-20-4-3-9-35-27(20)17-42-22-5-6-25(24(33)12-22)37-30-21(15-34)16-36-26-14-29(28(40-2)13-23(26)30)43-31(39)38-18-32(19-38)7-10-41-11-8-32/h3-6,9,12-14,16H,7-8,10-11,17-19H2,1-2H3,(H,36,37). The SMILES string of the molecule is COc1cc2c(Nc3ccc(OCc4ncccc4C)cc3Cl)c(C#N)cnc2cc1OC(=O)N1CC2(CCOCC2)C1. The summed E-state index contributed by atoms with van der Waals surface area (Å²) < 4.78 is 22.7. The van der Waals surface area contributed by atoms with Crippen molar-refractivity contribution in [3.63, 3.8) is 0 Å². The molecule has 1 amide bonds. The third-order valence-corrected chi connectivity index (χ3v) is 8.34. The molecule has 43 heavy (non-hydrogen) atoms. The third-order valence-electron chi connectivity index (χ3n) is 8.03. The molecule has 0 saturated carbocycles. The zero-order chi connectivity index (χ0) is 30.0. The summed E-state index contributed by atoms with van der Waals surface area (Å²) in [6.45, 7) is 5.04. The van der Waals surface area contributed by atoms with Crippen LogP contribution in [0.3, 0.4) is 0 Å². The molecule has 1 spiro atoms. The molecule has 4 aromatic rings. The Hall–Kier alpha value is -4.59. The first-order chi connectivity index (χ1) is 20.9. The molecule has 6 rings (SSSR count). The van der Waals surface area contributed by atoms with Gasteiger partial charge in [-0.25, -0.2) is 4.79 Å². The number of pyridine rings is 2. The second-order valence-electron chi connectivity index (χ2n) is 10.8. The average molecular weight is 600 g/mol. The Bertz CT molecular complexity index is 1730. The molecule has 0 aliphatic carbocycles. The summed E-state index contributed by atoms with van der Waals surface area (Å²) in [7, 11) is 1.50. The highest BCUT2D eigenvalue weighted by molar-refractivity contribution is 6.33. The second kappa shape index (κ2) is 12.0. The smallest absolute Gasteiger partial charge is 0.415 e. The van der Waals surface area contributed by atoms with Crippen LogP contribution in [0.15, 0.2) is 54.9 Å². The highest BCUT2D eigenvalue weighted by atomic mass is 35.5. The molecule has 2 aliphatic heterocycles. The largest absolute Gasteiger partial charge is 0.493 e. The molecule has 4 heterocycles. The number of anilines is 2. The van der Waals surface area contributed by atoms with Crippen LogP contribution >= 0.6 is 11.6 Å². The quantitative estimate of drug-likeness (QED) is 0.257. The van der Waals surface area contributed by atoms with Crippen LogP contribution in [0, 0.1) is 23.7 Å². The number of carbonyl (C=O) groups excluding carboxylic acids is 1. The fourth-order valence-corrected chi connectivity index (χ4v) is 5.69. The number of nitrogens with zero attached hydrogens (tertiary/aromatic N) is 4. The first kappa shape index (κ1) is 28.5. The van der Waals surface area contributed by atoms with Crippen molar-refractivity contribution < 1.29 is 23.7 Å². The van der Waals surface area contributed by atoms with E-state index in [1.54, 1.807) is 41.4 Å². The summed E-state index contributed by atoms with van der Waals surface area (Å²) in [5, 5.41) is 14.1. The highest BCUT2D eigenvalue weighted by Crippen LogP contribution is 2.42. The number of fused-ring (bicyclic) bond motifs is 1. The van der Waals surface area contributed by atoms with Crippen molar-refractivity contribution in [2.24, 2.45) is 5.41 Å². The van der Waals surface area contributed by atoms with Crippen molar-refractivity contribution in [2.75, 3.05) is 38.7 Å². The van der Waals surface area contributed by atoms with Crippen LogP contribution in [0.25, 0.3) is 10.9 Å². The van der Waals surface area contributed by atoms with E-state index in [0.717, 1.165) is 37.3 Å². The fraction of sp³-hybridized carbons (Fsp3) is 0.312. The van der Waals surface area contributed by atoms with Gasteiger partial charge in [0.2, 0.25) is 0 Å². The number of nitriles is 1. The minimum Gasteiger partial charge on any atom is -0.493 e. The zero-order valence-electron chi connectivity index (χ0n) is 23.9. The Balaban J connectivity index is 1.22.